The molecule has 1 saturated carbocycles. The molecule has 4 nitrogen and oxygen atoms in total. The largest absolute Gasteiger partial charge is 0.376 e. The van der Waals surface area contributed by atoms with Gasteiger partial charge in [0, 0.05) is 25.7 Å². The van der Waals surface area contributed by atoms with Gasteiger partial charge in [0.1, 0.15) is 0 Å². The van der Waals surface area contributed by atoms with Gasteiger partial charge in [-0.1, -0.05) is 20.3 Å². The summed E-state index contributed by atoms with van der Waals surface area (Å²) in [6, 6.07) is 0.0772. The van der Waals surface area contributed by atoms with E-state index in [2.05, 4.69) is 13.8 Å². The highest BCUT2D eigenvalue weighted by atomic mass is 16.5. The number of hydrogen-bond acceptors (Lipinski definition) is 3. The van der Waals surface area contributed by atoms with Gasteiger partial charge in [-0.05, 0) is 31.6 Å². The lowest BCUT2D eigenvalue weighted by atomic mass is 10.0. The first-order valence-electron chi connectivity index (χ1n) is 7.74. The zero-order valence-corrected chi connectivity index (χ0v) is 12.3. The number of rotatable bonds is 5. The maximum Gasteiger partial charge on any atom is 0.227 e. The predicted molar refractivity (Wildman–Crippen MR) is 75.7 cm³/mol. The Morgan fingerprint density at radius 3 is 2.79 bits per heavy atom. The van der Waals surface area contributed by atoms with E-state index in [4.69, 9.17) is 10.5 Å². The van der Waals surface area contributed by atoms with E-state index < -0.39 is 0 Å². The molecule has 3 unspecified atom stereocenters. The van der Waals surface area contributed by atoms with Crippen LogP contribution in [0, 0.1) is 11.8 Å². The fourth-order valence-corrected chi connectivity index (χ4v) is 3.06. The SMILES string of the molecule is CC(C)CCOC1CCN(C(=O)C2CCCC2N)C1. The summed E-state index contributed by atoms with van der Waals surface area (Å²) < 4.78 is 5.86. The second kappa shape index (κ2) is 6.71. The molecule has 0 bridgehead atoms. The van der Waals surface area contributed by atoms with Crippen LogP contribution in [0.25, 0.3) is 0 Å². The van der Waals surface area contributed by atoms with E-state index in [0.29, 0.717) is 5.92 Å². The summed E-state index contributed by atoms with van der Waals surface area (Å²) in [4.78, 5) is 14.3. The van der Waals surface area contributed by atoms with Gasteiger partial charge in [-0.15, -0.1) is 0 Å². The molecule has 0 radical (unpaired) electrons. The Hall–Kier alpha value is -0.610. The molecule has 4 heteroatoms. The highest BCUT2D eigenvalue weighted by Crippen LogP contribution is 2.27. The number of ether oxygens (including phenoxy) is 1. The Bertz CT molecular complexity index is 307. The fraction of sp³-hybridized carbons (Fsp3) is 0.933. The number of amides is 1. The van der Waals surface area contributed by atoms with E-state index in [-0.39, 0.29) is 24.0 Å². The molecule has 0 aromatic carbocycles. The fourth-order valence-electron chi connectivity index (χ4n) is 3.06. The summed E-state index contributed by atoms with van der Waals surface area (Å²) in [6.45, 7) is 6.83. The van der Waals surface area contributed by atoms with Crippen molar-refractivity contribution in [3.63, 3.8) is 0 Å². The summed E-state index contributed by atoms with van der Waals surface area (Å²) in [5.74, 6) is 1.00. The van der Waals surface area contributed by atoms with Crippen molar-refractivity contribution in [3.8, 4) is 0 Å². The zero-order chi connectivity index (χ0) is 13.8. The van der Waals surface area contributed by atoms with Crippen molar-refractivity contribution in [3.05, 3.63) is 0 Å². The predicted octanol–water partition coefficient (Wildman–Crippen LogP) is 1.78. The van der Waals surface area contributed by atoms with Crippen molar-refractivity contribution in [1.82, 2.24) is 4.90 Å². The molecule has 0 aromatic heterocycles. The summed E-state index contributed by atoms with van der Waals surface area (Å²) in [6.07, 6.45) is 5.37. The van der Waals surface area contributed by atoms with E-state index in [1.54, 1.807) is 0 Å². The lowest BCUT2D eigenvalue weighted by Crippen LogP contribution is -2.41. The third-order valence-corrected chi connectivity index (χ3v) is 4.39. The second-order valence-corrected chi connectivity index (χ2v) is 6.45. The minimum atomic E-state index is 0.0643. The van der Waals surface area contributed by atoms with Crippen LogP contribution < -0.4 is 5.73 Å². The highest BCUT2D eigenvalue weighted by Gasteiger charge is 2.36. The maximum atomic E-state index is 12.4. The molecule has 2 rings (SSSR count). The minimum absolute atomic E-state index is 0.0643. The van der Waals surface area contributed by atoms with Crippen LogP contribution in [0.1, 0.15) is 46.0 Å². The Balaban J connectivity index is 1.73. The second-order valence-electron chi connectivity index (χ2n) is 6.45. The molecular weight excluding hydrogens is 240 g/mol. The zero-order valence-electron chi connectivity index (χ0n) is 12.3. The van der Waals surface area contributed by atoms with Gasteiger partial charge >= 0.3 is 0 Å². The van der Waals surface area contributed by atoms with Gasteiger partial charge in [0.25, 0.3) is 0 Å². The maximum absolute atomic E-state index is 12.4. The number of likely N-dealkylation sites (tertiary alicyclic amines) is 1. The highest BCUT2D eigenvalue weighted by molar-refractivity contribution is 5.80. The number of nitrogens with zero attached hydrogens (tertiary/aromatic N) is 1. The van der Waals surface area contributed by atoms with Crippen LogP contribution in [-0.4, -0.2) is 42.6 Å². The van der Waals surface area contributed by atoms with Crippen molar-refractivity contribution < 1.29 is 9.53 Å². The Morgan fingerprint density at radius 1 is 1.37 bits per heavy atom. The standard InChI is InChI=1S/C15H28N2O2/c1-11(2)7-9-19-12-6-8-17(10-12)15(18)13-4-3-5-14(13)16/h11-14H,3-10,16H2,1-2H3. The Morgan fingerprint density at radius 2 is 2.16 bits per heavy atom. The van der Waals surface area contributed by atoms with Gasteiger partial charge in [0.15, 0.2) is 0 Å². The molecule has 19 heavy (non-hydrogen) atoms. The molecule has 0 spiro atoms. The van der Waals surface area contributed by atoms with Crippen molar-refractivity contribution >= 4 is 5.91 Å². The van der Waals surface area contributed by atoms with Crippen molar-refractivity contribution in [2.24, 2.45) is 17.6 Å². The van der Waals surface area contributed by atoms with Gasteiger partial charge in [0.05, 0.1) is 12.0 Å². The van der Waals surface area contributed by atoms with Crippen LogP contribution in [-0.2, 0) is 9.53 Å². The molecule has 1 aliphatic heterocycles. The Kier molecular flexibility index (Phi) is 5.22. The van der Waals surface area contributed by atoms with Gasteiger partial charge in [-0.3, -0.25) is 4.79 Å². The van der Waals surface area contributed by atoms with E-state index >= 15 is 0 Å². The summed E-state index contributed by atoms with van der Waals surface area (Å²) >= 11 is 0. The first kappa shape index (κ1) is 14.8. The monoisotopic (exact) mass is 268 g/mol. The minimum Gasteiger partial charge on any atom is -0.376 e. The normalized spacial score (nSPS) is 31.4. The van der Waals surface area contributed by atoms with Crippen LogP contribution in [0.15, 0.2) is 0 Å². The lowest BCUT2D eigenvalue weighted by Gasteiger charge is -2.23. The molecule has 1 saturated heterocycles. The molecule has 3 atom stereocenters. The molecule has 0 aromatic rings. The molecule has 1 aliphatic carbocycles. The van der Waals surface area contributed by atoms with Crippen LogP contribution in [0.2, 0.25) is 0 Å². The molecular formula is C15H28N2O2. The van der Waals surface area contributed by atoms with E-state index in [1.165, 1.54) is 0 Å². The third kappa shape index (κ3) is 3.93. The van der Waals surface area contributed by atoms with E-state index in [1.807, 2.05) is 4.90 Å². The van der Waals surface area contributed by atoms with Crippen LogP contribution in [0.3, 0.4) is 0 Å². The first-order chi connectivity index (χ1) is 9.08. The van der Waals surface area contributed by atoms with Crippen molar-refractivity contribution in [2.75, 3.05) is 19.7 Å². The molecule has 110 valence electrons. The lowest BCUT2D eigenvalue weighted by molar-refractivity contribution is -0.135. The van der Waals surface area contributed by atoms with Crippen molar-refractivity contribution in [1.29, 1.82) is 0 Å². The topological polar surface area (TPSA) is 55.6 Å². The van der Waals surface area contributed by atoms with Crippen LogP contribution in [0.4, 0.5) is 0 Å². The van der Waals surface area contributed by atoms with Crippen LogP contribution >= 0.6 is 0 Å². The summed E-state index contributed by atoms with van der Waals surface area (Å²) in [7, 11) is 0. The van der Waals surface area contributed by atoms with E-state index in [0.717, 1.165) is 51.8 Å². The molecule has 1 amide bonds. The van der Waals surface area contributed by atoms with E-state index in [9.17, 15) is 4.79 Å². The van der Waals surface area contributed by atoms with Gasteiger partial charge in [-0.25, -0.2) is 0 Å². The average Bonchev–Trinajstić information content (AvgIpc) is 2.97. The first-order valence-corrected chi connectivity index (χ1v) is 7.74. The molecule has 1 heterocycles. The summed E-state index contributed by atoms with van der Waals surface area (Å²) in [5, 5.41) is 0. The number of carbonyl (C=O) groups is 1. The number of hydrogen-bond donors (Lipinski definition) is 1. The average molecular weight is 268 g/mol. The van der Waals surface area contributed by atoms with Gasteiger partial charge < -0.3 is 15.4 Å². The van der Waals surface area contributed by atoms with Gasteiger partial charge in [0.2, 0.25) is 5.91 Å². The van der Waals surface area contributed by atoms with Gasteiger partial charge in [-0.2, -0.15) is 0 Å². The number of carbonyl (C=O) groups excluding carboxylic acids is 1. The summed E-state index contributed by atoms with van der Waals surface area (Å²) in [5.41, 5.74) is 6.02. The van der Waals surface area contributed by atoms with Crippen LogP contribution in [0.5, 0.6) is 0 Å². The quantitative estimate of drug-likeness (QED) is 0.827. The third-order valence-electron chi connectivity index (χ3n) is 4.39. The Labute approximate surface area is 116 Å². The molecule has 2 N–H and O–H groups in total. The number of nitrogens with two attached hydrogens (primary N) is 1. The van der Waals surface area contributed by atoms with Crippen molar-refractivity contribution in [2.45, 2.75) is 58.1 Å². The smallest absolute Gasteiger partial charge is 0.227 e. The molecule has 2 fully saturated rings. The molecule has 2 aliphatic rings.